The Morgan fingerprint density at radius 3 is 2.29 bits per heavy atom. The van der Waals surface area contributed by atoms with Gasteiger partial charge in [-0.05, 0) is 55.7 Å². The van der Waals surface area contributed by atoms with E-state index in [-0.39, 0.29) is 52.9 Å². The third kappa shape index (κ3) is 5.32. The first-order valence-electron chi connectivity index (χ1n) is 12.0. The van der Waals surface area contributed by atoms with Gasteiger partial charge in [0.2, 0.25) is 5.91 Å². The van der Waals surface area contributed by atoms with Crippen LogP contribution >= 0.6 is 11.6 Å². The highest BCUT2D eigenvalue weighted by atomic mass is 35.5. The normalized spacial score (nSPS) is 24.6. The van der Waals surface area contributed by atoms with Gasteiger partial charge >= 0.3 is 0 Å². The molecule has 2 saturated carbocycles. The van der Waals surface area contributed by atoms with Gasteiger partial charge in [-0.15, -0.1) is 6.58 Å². The topological polar surface area (TPSA) is 113 Å². The number of amides is 2. The van der Waals surface area contributed by atoms with Crippen LogP contribution in [0.4, 0.5) is 18.9 Å². The van der Waals surface area contributed by atoms with Crippen LogP contribution in [-0.2, 0) is 14.6 Å². The van der Waals surface area contributed by atoms with Crippen molar-refractivity contribution in [2.24, 2.45) is 11.8 Å². The van der Waals surface area contributed by atoms with E-state index in [1.165, 1.54) is 18.2 Å². The van der Waals surface area contributed by atoms with E-state index in [9.17, 15) is 36.3 Å². The van der Waals surface area contributed by atoms with E-state index in [0.29, 0.717) is 25.0 Å². The third-order valence-corrected chi connectivity index (χ3v) is 10.1. The van der Waals surface area contributed by atoms with Crippen LogP contribution in [0.5, 0.6) is 0 Å². The molecule has 0 radical (unpaired) electrons. The number of nitrogens with one attached hydrogen (secondary N) is 2. The summed E-state index contributed by atoms with van der Waals surface area (Å²) in [6.07, 6.45) is 2.76. The number of sulfone groups is 1. The minimum Gasteiger partial charge on any atom is -0.389 e. The Bertz CT molecular complexity index is 1360. The minimum absolute atomic E-state index is 0.114. The first kappa shape index (κ1) is 28.1. The molecule has 2 amide bonds. The molecule has 204 valence electrons. The lowest BCUT2D eigenvalue weighted by Gasteiger charge is -2.42. The molecule has 2 unspecified atom stereocenters. The molecule has 2 fully saturated rings. The number of aliphatic hydroxyl groups is 1. The van der Waals surface area contributed by atoms with Gasteiger partial charge in [-0.3, -0.25) is 9.59 Å². The summed E-state index contributed by atoms with van der Waals surface area (Å²) in [7, 11) is -4.07. The zero-order chi connectivity index (χ0) is 27.8. The lowest BCUT2D eigenvalue weighted by atomic mass is 9.72. The molecule has 0 saturated heterocycles. The Kier molecular flexibility index (Phi) is 7.92. The van der Waals surface area contributed by atoms with Crippen molar-refractivity contribution < 1.29 is 36.3 Å². The Labute approximate surface area is 223 Å². The van der Waals surface area contributed by atoms with Crippen molar-refractivity contribution in [3.05, 3.63) is 71.0 Å². The van der Waals surface area contributed by atoms with E-state index in [1.807, 2.05) is 0 Å². The first-order chi connectivity index (χ1) is 17.9. The summed E-state index contributed by atoms with van der Waals surface area (Å²) in [6, 6.07) is 4.75. The summed E-state index contributed by atoms with van der Waals surface area (Å²) in [6.45, 7) is 3.79. The van der Waals surface area contributed by atoms with E-state index < -0.39 is 55.9 Å². The van der Waals surface area contributed by atoms with Crippen LogP contribution in [0, 0.1) is 29.3 Å². The van der Waals surface area contributed by atoms with Crippen LogP contribution in [0.15, 0.2) is 47.9 Å². The summed E-state index contributed by atoms with van der Waals surface area (Å²) in [5.41, 5.74) is -1.82. The number of benzene rings is 2. The molecule has 38 heavy (non-hydrogen) atoms. The van der Waals surface area contributed by atoms with Crippen molar-refractivity contribution in [2.45, 2.75) is 47.9 Å². The van der Waals surface area contributed by atoms with E-state index in [0.717, 1.165) is 6.07 Å². The summed E-state index contributed by atoms with van der Waals surface area (Å²) >= 11 is 6.22. The predicted octanol–water partition coefficient (Wildman–Crippen LogP) is 4.40. The number of hydrogen-bond donors (Lipinski definition) is 3. The Balaban J connectivity index is 1.54. The minimum atomic E-state index is -4.07. The molecule has 0 heterocycles. The molecule has 2 aliphatic carbocycles. The number of halogens is 4. The molecule has 12 heteroatoms. The van der Waals surface area contributed by atoms with Crippen LogP contribution in [0.1, 0.15) is 42.5 Å². The Morgan fingerprint density at radius 2 is 1.71 bits per heavy atom. The summed E-state index contributed by atoms with van der Waals surface area (Å²) in [5.74, 6) is -6.73. The van der Waals surface area contributed by atoms with Crippen LogP contribution in [0.2, 0.25) is 5.02 Å². The molecule has 2 aromatic carbocycles. The lowest BCUT2D eigenvalue weighted by Crippen LogP contribution is -2.50. The van der Waals surface area contributed by atoms with Crippen LogP contribution in [-0.4, -0.2) is 42.7 Å². The van der Waals surface area contributed by atoms with E-state index >= 15 is 0 Å². The van der Waals surface area contributed by atoms with Gasteiger partial charge in [0.05, 0.1) is 27.2 Å². The lowest BCUT2D eigenvalue weighted by molar-refractivity contribution is -0.132. The SMILES string of the molecule is C=CCNC(=O)CC1(O)C2CCC1CC(S(=O)(=O)c1cc(C(=O)Nc3cc(F)c(F)c(F)c3)ccc1Cl)C2. The Hall–Kier alpha value is -2.89. The fourth-order valence-corrected chi connectivity index (χ4v) is 7.93. The van der Waals surface area contributed by atoms with Gasteiger partial charge in [0.1, 0.15) is 0 Å². The van der Waals surface area contributed by atoms with Gasteiger partial charge in [0.25, 0.3) is 5.91 Å². The summed E-state index contributed by atoms with van der Waals surface area (Å²) < 4.78 is 67.5. The average molecular weight is 571 g/mol. The molecule has 2 aromatic rings. The molecule has 2 aliphatic rings. The van der Waals surface area contributed by atoms with Gasteiger partial charge < -0.3 is 15.7 Å². The smallest absolute Gasteiger partial charge is 0.255 e. The standard InChI is InChI=1S/C26H26ClF3N2O5S/c1-2-7-31-23(33)13-26(35)15-4-5-16(26)10-18(9-15)38(36,37)22-8-14(3-6-19(22)27)25(34)32-17-11-20(28)24(30)21(29)12-17/h2-3,6,8,11-12,15-16,18,35H,1,4-5,7,9-10,13H2,(H,31,33)(H,32,34). The molecular weight excluding hydrogens is 545 g/mol. The fraction of sp³-hybridized carbons (Fsp3) is 0.385. The number of carbonyl (C=O) groups is 2. The summed E-state index contributed by atoms with van der Waals surface area (Å²) in [4.78, 5) is 24.7. The third-order valence-electron chi connectivity index (χ3n) is 7.44. The maximum atomic E-state index is 13.6. The van der Waals surface area contributed by atoms with Crippen LogP contribution in [0.25, 0.3) is 0 Å². The van der Waals surface area contributed by atoms with Crippen molar-refractivity contribution in [3.8, 4) is 0 Å². The maximum absolute atomic E-state index is 13.6. The van der Waals surface area contributed by atoms with Crippen molar-refractivity contribution in [1.29, 1.82) is 0 Å². The monoisotopic (exact) mass is 570 g/mol. The molecule has 0 spiro atoms. The van der Waals surface area contributed by atoms with Crippen molar-refractivity contribution >= 4 is 38.9 Å². The van der Waals surface area contributed by atoms with Crippen molar-refractivity contribution in [3.63, 3.8) is 0 Å². The van der Waals surface area contributed by atoms with Gasteiger partial charge in [-0.1, -0.05) is 17.7 Å². The number of hydrogen-bond acceptors (Lipinski definition) is 5. The van der Waals surface area contributed by atoms with Crippen LogP contribution in [0.3, 0.4) is 0 Å². The van der Waals surface area contributed by atoms with Crippen LogP contribution < -0.4 is 10.6 Å². The molecule has 2 bridgehead atoms. The molecule has 0 aliphatic heterocycles. The second kappa shape index (κ2) is 10.7. The van der Waals surface area contributed by atoms with Gasteiger partial charge in [-0.25, -0.2) is 21.6 Å². The molecule has 4 rings (SSSR count). The number of anilines is 1. The van der Waals surface area contributed by atoms with Crippen molar-refractivity contribution in [1.82, 2.24) is 5.32 Å². The van der Waals surface area contributed by atoms with E-state index in [1.54, 1.807) is 0 Å². The predicted molar refractivity (Wildman–Crippen MR) is 135 cm³/mol. The van der Waals surface area contributed by atoms with E-state index in [2.05, 4.69) is 17.2 Å². The second-order valence-electron chi connectivity index (χ2n) is 9.72. The molecule has 7 nitrogen and oxygen atoms in total. The molecule has 3 N–H and O–H groups in total. The molecular formula is C26H26ClF3N2O5S. The average Bonchev–Trinajstić information content (AvgIpc) is 3.01. The van der Waals surface area contributed by atoms with Gasteiger partial charge in [-0.2, -0.15) is 0 Å². The zero-order valence-electron chi connectivity index (χ0n) is 20.1. The highest BCUT2D eigenvalue weighted by molar-refractivity contribution is 7.92. The Morgan fingerprint density at radius 1 is 1.11 bits per heavy atom. The highest BCUT2D eigenvalue weighted by Crippen LogP contribution is 2.53. The molecule has 2 atom stereocenters. The quantitative estimate of drug-likeness (QED) is 0.322. The van der Waals surface area contributed by atoms with E-state index in [4.69, 9.17) is 11.6 Å². The maximum Gasteiger partial charge on any atom is 0.255 e. The largest absolute Gasteiger partial charge is 0.389 e. The van der Waals surface area contributed by atoms with Crippen molar-refractivity contribution in [2.75, 3.05) is 11.9 Å². The number of fused-ring (bicyclic) bond motifs is 2. The number of rotatable bonds is 8. The molecule has 0 aromatic heterocycles. The van der Waals surface area contributed by atoms with Gasteiger partial charge in [0.15, 0.2) is 27.3 Å². The van der Waals surface area contributed by atoms with Gasteiger partial charge in [0, 0.05) is 29.9 Å². The zero-order valence-corrected chi connectivity index (χ0v) is 21.7. The highest BCUT2D eigenvalue weighted by Gasteiger charge is 2.56. The fourth-order valence-electron chi connectivity index (χ4n) is 5.53. The second-order valence-corrected chi connectivity index (χ2v) is 12.3. The first-order valence-corrected chi connectivity index (χ1v) is 13.9. The number of carbonyl (C=O) groups excluding carboxylic acids is 2. The summed E-state index contributed by atoms with van der Waals surface area (Å²) in [5, 5.41) is 15.2.